The Balaban J connectivity index is 2.15. The summed E-state index contributed by atoms with van der Waals surface area (Å²) in [5.41, 5.74) is 0. The van der Waals surface area contributed by atoms with Gasteiger partial charge in [-0.15, -0.1) is 0 Å². The van der Waals surface area contributed by atoms with E-state index in [1.807, 2.05) is 0 Å². The lowest BCUT2D eigenvalue weighted by Crippen LogP contribution is -2.46. The maximum absolute atomic E-state index is 8.71. The van der Waals surface area contributed by atoms with Crippen molar-refractivity contribution in [3.05, 3.63) is 0 Å². The van der Waals surface area contributed by atoms with Gasteiger partial charge in [-0.3, -0.25) is 4.90 Å². The molecular formula is C12H26N2O. The van der Waals surface area contributed by atoms with Gasteiger partial charge in [-0.05, 0) is 51.7 Å². The lowest BCUT2D eigenvalue weighted by molar-refractivity contribution is 0.169. The van der Waals surface area contributed by atoms with E-state index in [9.17, 15) is 0 Å². The van der Waals surface area contributed by atoms with Gasteiger partial charge in [0.15, 0.2) is 0 Å². The van der Waals surface area contributed by atoms with E-state index in [4.69, 9.17) is 5.11 Å². The second-order valence-corrected chi connectivity index (χ2v) is 4.41. The molecule has 1 heterocycles. The molecule has 2 N–H and O–H groups in total. The van der Waals surface area contributed by atoms with Gasteiger partial charge in [-0.1, -0.05) is 6.92 Å². The molecule has 0 amide bonds. The minimum Gasteiger partial charge on any atom is -0.396 e. The van der Waals surface area contributed by atoms with E-state index in [0.29, 0.717) is 6.61 Å². The Morgan fingerprint density at radius 3 is 2.80 bits per heavy atom. The molecule has 0 aliphatic carbocycles. The number of aliphatic hydroxyl groups is 1. The summed E-state index contributed by atoms with van der Waals surface area (Å²) in [5.74, 6) is 0. The first-order valence-electron chi connectivity index (χ1n) is 6.44. The molecule has 0 spiro atoms. The van der Waals surface area contributed by atoms with E-state index >= 15 is 0 Å². The minimum absolute atomic E-state index is 0.344. The average molecular weight is 214 g/mol. The van der Waals surface area contributed by atoms with E-state index in [-0.39, 0.29) is 0 Å². The Kier molecular flexibility index (Phi) is 6.98. The minimum atomic E-state index is 0.344. The third-order valence-electron chi connectivity index (χ3n) is 3.30. The molecule has 0 saturated carbocycles. The van der Waals surface area contributed by atoms with E-state index in [2.05, 4.69) is 17.1 Å². The van der Waals surface area contributed by atoms with Crippen LogP contribution >= 0.6 is 0 Å². The van der Waals surface area contributed by atoms with Crippen LogP contribution in [-0.2, 0) is 0 Å². The summed E-state index contributed by atoms with van der Waals surface area (Å²) < 4.78 is 0. The molecule has 1 atom stereocenters. The molecule has 0 aromatic rings. The summed E-state index contributed by atoms with van der Waals surface area (Å²) >= 11 is 0. The number of unbranched alkanes of at least 4 members (excludes halogenated alkanes) is 2. The van der Waals surface area contributed by atoms with Crippen LogP contribution in [0.15, 0.2) is 0 Å². The molecule has 0 radical (unpaired) electrons. The molecule has 0 bridgehead atoms. The zero-order valence-corrected chi connectivity index (χ0v) is 10.0. The predicted molar refractivity (Wildman–Crippen MR) is 64.1 cm³/mol. The summed E-state index contributed by atoms with van der Waals surface area (Å²) in [6.07, 6.45) is 6.01. The van der Waals surface area contributed by atoms with Crippen molar-refractivity contribution < 1.29 is 5.11 Å². The molecule has 0 aromatic carbocycles. The van der Waals surface area contributed by atoms with Crippen molar-refractivity contribution in [2.24, 2.45) is 0 Å². The lowest BCUT2D eigenvalue weighted by Gasteiger charge is -2.33. The van der Waals surface area contributed by atoms with Crippen LogP contribution in [0.3, 0.4) is 0 Å². The van der Waals surface area contributed by atoms with Gasteiger partial charge < -0.3 is 10.4 Å². The Morgan fingerprint density at radius 1 is 1.33 bits per heavy atom. The summed E-state index contributed by atoms with van der Waals surface area (Å²) in [7, 11) is 0. The van der Waals surface area contributed by atoms with Gasteiger partial charge in [-0.2, -0.15) is 0 Å². The maximum atomic E-state index is 8.71. The maximum Gasteiger partial charge on any atom is 0.0431 e. The highest BCUT2D eigenvalue weighted by atomic mass is 16.2. The number of nitrogens with one attached hydrogen (secondary N) is 1. The van der Waals surface area contributed by atoms with Gasteiger partial charge in [0, 0.05) is 19.2 Å². The fourth-order valence-corrected chi connectivity index (χ4v) is 2.35. The smallest absolute Gasteiger partial charge is 0.0431 e. The summed E-state index contributed by atoms with van der Waals surface area (Å²) in [4.78, 5) is 2.59. The molecule has 1 unspecified atom stereocenters. The third-order valence-corrected chi connectivity index (χ3v) is 3.30. The van der Waals surface area contributed by atoms with Gasteiger partial charge in [-0.25, -0.2) is 0 Å². The van der Waals surface area contributed by atoms with Gasteiger partial charge in [0.2, 0.25) is 0 Å². The van der Waals surface area contributed by atoms with E-state index < -0.39 is 0 Å². The standard InChI is InChI=1S/C12H26N2O/c1-2-14(9-4-3-5-10-15)12-7-6-8-13-11-12/h12-13,15H,2-11H2,1H3. The fourth-order valence-electron chi connectivity index (χ4n) is 2.35. The van der Waals surface area contributed by atoms with Crippen LogP contribution in [0.25, 0.3) is 0 Å². The van der Waals surface area contributed by atoms with Crippen LogP contribution in [0.4, 0.5) is 0 Å². The van der Waals surface area contributed by atoms with Crippen molar-refractivity contribution in [1.82, 2.24) is 10.2 Å². The molecule has 1 aliphatic rings. The summed E-state index contributed by atoms with van der Waals surface area (Å²) in [6.45, 7) is 7.30. The van der Waals surface area contributed by atoms with Crippen LogP contribution in [0.5, 0.6) is 0 Å². The molecular weight excluding hydrogens is 188 g/mol. The molecule has 15 heavy (non-hydrogen) atoms. The highest BCUT2D eigenvalue weighted by molar-refractivity contribution is 4.77. The normalized spacial score (nSPS) is 22.2. The molecule has 1 fully saturated rings. The highest BCUT2D eigenvalue weighted by Crippen LogP contribution is 2.11. The average Bonchev–Trinajstić information content (AvgIpc) is 2.30. The Hall–Kier alpha value is -0.120. The van der Waals surface area contributed by atoms with E-state index in [1.165, 1.54) is 32.4 Å². The van der Waals surface area contributed by atoms with Crippen molar-refractivity contribution >= 4 is 0 Å². The lowest BCUT2D eigenvalue weighted by atomic mass is 10.1. The van der Waals surface area contributed by atoms with Crippen molar-refractivity contribution in [3.8, 4) is 0 Å². The first-order chi connectivity index (χ1) is 7.38. The van der Waals surface area contributed by atoms with Crippen molar-refractivity contribution in [2.75, 3.05) is 32.8 Å². The van der Waals surface area contributed by atoms with Crippen LogP contribution in [0.1, 0.15) is 39.0 Å². The van der Waals surface area contributed by atoms with Gasteiger partial charge in [0.1, 0.15) is 0 Å². The number of piperidine rings is 1. The van der Waals surface area contributed by atoms with Crippen molar-refractivity contribution in [2.45, 2.75) is 45.1 Å². The van der Waals surface area contributed by atoms with Crippen molar-refractivity contribution in [3.63, 3.8) is 0 Å². The van der Waals surface area contributed by atoms with Crippen LogP contribution < -0.4 is 5.32 Å². The Morgan fingerprint density at radius 2 is 2.20 bits per heavy atom. The van der Waals surface area contributed by atoms with Crippen LogP contribution in [0, 0.1) is 0 Å². The second kappa shape index (κ2) is 8.08. The largest absolute Gasteiger partial charge is 0.396 e. The molecule has 3 heteroatoms. The molecule has 0 aromatic heterocycles. The number of nitrogens with zero attached hydrogens (tertiary/aromatic N) is 1. The van der Waals surface area contributed by atoms with Gasteiger partial charge in [0.05, 0.1) is 0 Å². The monoisotopic (exact) mass is 214 g/mol. The zero-order chi connectivity index (χ0) is 10.9. The Labute approximate surface area is 93.9 Å². The molecule has 1 rings (SSSR count). The SMILES string of the molecule is CCN(CCCCCO)C1CCCNC1. The highest BCUT2D eigenvalue weighted by Gasteiger charge is 2.18. The van der Waals surface area contributed by atoms with Gasteiger partial charge in [0.25, 0.3) is 0 Å². The fraction of sp³-hybridized carbons (Fsp3) is 1.00. The quantitative estimate of drug-likeness (QED) is 0.626. The third kappa shape index (κ3) is 4.96. The summed E-state index contributed by atoms with van der Waals surface area (Å²) in [6, 6.07) is 0.748. The number of aliphatic hydroxyl groups excluding tert-OH is 1. The number of hydrogen-bond acceptors (Lipinski definition) is 3. The van der Waals surface area contributed by atoms with Crippen LogP contribution in [0.2, 0.25) is 0 Å². The van der Waals surface area contributed by atoms with Crippen molar-refractivity contribution in [1.29, 1.82) is 0 Å². The first-order valence-corrected chi connectivity index (χ1v) is 6.44. The Bertz CT molecular complexity index is 147. The number of rotatable bonds is 7. The summed E-state index contributed by atoms with van der Waals surface area (Å²) in [5, 5.41) is 12.2. The molecule has 1 aliphatic heterocycles. The first kappa shape index (κ1) is 12.9. The second-order valence-electron chi connectivity index (χ2n) is 4.41. The van der Waals surface area contributed by atoms with Gasteiger partial charge >= 0.3 is 0 Å². The number of likely N-dealkylation sites (N-methyl/N-ethyl adjacent to an activating group) is 1. The molecule has 1 saturated heterocycles. The van der Waals surface area contributed by atoms with E-state index in [0.717, 1.165) is 32.0 Å². The topological polar surface area (TPSA) is 35.5 Å². The molecule has 3 nitrogen and oxygen atoms in total. The number of hydrogen-bond donors (Lipinski definition) is 2. The van der Waals surface area contributed by atoms with E-state index in [1.54, 1.807) is 0 Å². The molecule has 90 valence electrons. The van der Waals surface area contributed by atoms with Crippen LogP contribution in [-0.4, -0.2) is 48.8 Å². The predicted octanol–water partition coefficient (Wildman–Crippen LogP) is 1.22. The zero-order valence-electron chi connectivity index (χ0n) is 10.0.